The molecule has 10 heteroatoms. The lowest BCUT2D eigenvalue weighted by Crippen LogP contribution is -2.29. The fourth-order valence-electron chi connectivity index (χ4n) is 4.25. The summed E-state index contributed by atoms with van der Waals surface area (Å²) in [6.07, 6.45) is 4.75. The van der Waals surface area contributed by atoms with Gasteiger partial charge in [-0.1, -0.05) is 53.5 Å². The van der Waals surface area contributed by atoms with E-state index in [9.17, 15) is 9.59 Å². The van der Waals surface area contributed by atoms with Gasteiger partial charge in [0, 0.05) is 36.6 Å². The van der Waals surface area contributed by atoms with E-state index in [1.54, 1.807) is 47.4 Å². The number of H-pyrrole nitrogens is 1. The third-order valence-electron chi connectivity index (χ3n) is 5.91. The molecule has 0 saturated carbocycles. The minimum Gasteiger partial charge on any atom is -0.304 e. The highest BCUT2D eigenvalue weighted by Gasteiger charge is 2.20. The third-order valence-corrected chi connectivity index (χ3v) is 6.60. The lowest BCUT2D eigenvalue weighted by Gasteiger charge is -2.21. The maximum absolute atomic E-state index is 13.7. The van der Waals surface area contributed by atoms with E-state index in [4.69, 9.17) is 23.2 Å². The van der Waals surface area contributed by atoms with Gasteiger partial charge in [0.15, 0.2) is 0 Å². The fourth-order valence-corrected chi connectivity index (χ4v) is 4.67. The average molecular weight is 521 g/mol. The summed E-state index contributed by atoms with van der Waals surface area (Å²) in [5.41, 5.74) is 2.49. The molecule has 0 aliphatic carbocycles. The van der Waals surface area contributed by atoms with E-state index < -0.39 is 0 Å². The minimum atomic E-state index is -0.299. The average Bonchev–Trinajstić information content (AvgIpc) is 3.19. The highest BCUT2D eigenvalue weighted by atomic mass is 35.5. The predicted octanol–water partition coefficient (Wildman–Crippen LogP) is 4.26. The molecule has 0 radical (unpaired) electrons. The van der Waals surface area contributed by atoms with E-state index in [1.807, 2.05) is 36.2 Å². The van der Waals surface area contributed by atoms with Gasteiger partial charge in [-0.3, -0.25) is 29.6 Å². The third kappa shape index (κ3) is 4.70. The molecule has 182 valence electrons. The molecule has 0 fully saturated rings. The van der Waals surface area contributed by atoms with Crippen LogP contribution < -0.4 is 11.1 Å². The van der Waals surface area contributed by atoms with Crippen molar-refractivity contribution in [3.8, 4) is 5.69 Å². The highest BCUT2D eigenvalue weighted by molar-refractivity contribution is 6.32. The maximum atomic E-state index is 13.7. The van der Waals surface area contributed by atoms with Crippen molar-refractivity contribution in [1.29, 1.82) is 0 Å². The Kier molecular flexibility index (Phi) is 6.73. The summed E-state index contributed by atoms with van der Waals surface area (Å²) in [7, 11) is 1.92. The van der Waals surface area contributed by atoms with Gasteiger partial charge in [-0.15, -0.1) is 0 Å². The van der Waals surface area contributed by atoms with Crippen LogP contribution in [0, 0.1) is 0 Å². The molecule has 3 heterocycles. The van der Waals surface area contributed by atoms with Crippen LogP contribution in [0.4, 0.5) is 0 Å². The molecule has 5 rings (SSSR count). The van der Waals surface area contributed by atoms with Gasteiger partial charge < -0.3 is 4.57 Å². The number of aromatic nitrogens is 5. The second-order valence-corrected chi connectivity index (χ2v) is 9.28. The second-order valence-electron chi connectivity index (χ2n) is 8.47. The molecule has 8 nitrogen and oxygen atoms in total. The van der Waals surface area contributed by atoms with Crippen LogP contribution in [-0.2, 0) is 19.6 Å². The first-order valence-corrected chi connectivity index (χ1v) is 12.0. The van der Waals surface area contributed by atoms with Crippen molar-refractivity contribution in [3.63, 3.8) is 0 Å². The topological polar surface area (TPSA) is 88.8 Å². The number of pyridine rings is 1. The number of hydrogen-bond acceptors (Lipinski definition) is 5. The van der Waals surface area contributed by atoms with E-state index >= 15 is 0 Å². The van der Waals surface area contributed by atoms with E-state index in [2.05, 4.69) is 15.1 Å². The zero-order valence-electron chi connectivity index (χ0n) is 19.4. The highest BCUT2D eigenvalue weighted by Crippen LogP contribution is 2.22. The van der Waals surface area contributed by atoms with Crippen molar-refractivity contribution < 1.29 is 0 Å². The number of fused-ring (bicyclic) bond motifs is 1. The van der Waals surface area contributed by atoms with Gasteiger partial charge in [-0.05, 0) is 30.8 Å². The largest absolute Gasteiger partial charge is 0.304 e. The Hall–Kier alpha value is -3.72. The molecule has 0 saturated heterocycles. The summed E-state index contributed by atoms with van der Waals surface area (Å²) >= 11 is 12.7. The molecule has 0 unspecified atom stereocenters. The Balaban J connectivity index is 1.66. The van der Waals surface area contributed by atoms with Crippen LogP contribution in [0.3, 0.4) is 0 Å². The van der Waals surface area contributed by atoms with Crippen LogP contribution >= 0.6 is 23.2 Å². The van der Waals surface area contributed by atoms with Crippen molar-refractivity contribution in [2.75, 3.05) is 7.05 Å². The van der Waals surface area contributed by atoms with Crippen molar-refractivity contribution in [3.05, 3.63) is 121 Å². The molecule has 2 aromatic carbocycles. The molecule has 3 aromatic heterocycles. The number of nitrogens with one attached hydrogen (secondary N) is 1. The van der Waals surface area contributed by atoms with Crippen LogP contribution in [-0.4, -0.2) is 36.3 Å². The van der Waals surface area contributed by atoms with E-state index in [1.165, 1.54) is 10.7 Å². The summed E-state index contributed by atoms with van der Waals surface area (Å²) in [4.78, 5) is 37.4. The van der Waals surface area contributed by atoms with Crippen LogP contribution in [0.2, 0.25) is 10.0 Å². The van der Waals surface area contributed by atoms with Crippen molar-refractivity contribution in [1.82, 2.24) is 29.2 Å². The van der Waals surface area contributed by atoms with Crippen molar-refractivity contribution in [2.45, 2.75) is 19.6 Å². The first kappa shape index (κ1) is 24.0. The molecule has 1 N–H and O–H groups in total. The smallest absolute Gasteiger partial charge is 0.280 e. The minimum absolute atomic E-state index is 0.175. The first-order valence-electron chi connectivity index (χ1n) is 11.2. The van der Waals surface area contributed by atoms with E-state index in [-0.39, 0.29) is 17.7 Å². The summed E-state index contributed by atoms with van der Waals surface area (Å²) in [6.45, 7) is 1.01. The number of nitrogens with zero attached hydrogens (tertiary/aromatic N) is 5. The van der Waals surface area contributed by atoms with Crippen molar-refractivity contribution >= 4 is 34.1 Å². The zero-order valence-corrected chi connectivity index (χ0v) is 20.9. The molecule has 0 aliphatic heterocycles. The molecule has 5 aromatic rings. The fraction of sp³-hybridized carbons (Fsp3) is 0.154. The Morgan fingerprint density at radius 3 is 2.44 bits per heavy atom. The summed E-state index contributed by atoms with van der Waals surface area (Å²) in [5.74, 6) is 0. The molecular formula is C26H22Cl2N6O2. The van der Waals surface area contributed by atoms with Crippen LogP contribution in [0.5, 0.6) is 0 Å². The number of benzene rings is 2. The molecule has 0 amide bonds. The number of para-hydroxylation sites is 1. The number of aromatic amines is 1. The Morgan fingerprint density at radius 2 is 1.72 bits per heavy atom. The quantitative estimate of drug-likeness (QED) is 0.346. The first-order chi connectivity index (χ1) is 17.4. The SMILES string of the molecule is CN(Cc1ccccc1Cl)Cc1c2c(=O)n(-c3ccccc3Cl)[nH]c2cc(=O)n1Cc1cnccn1. The standard InChI is InChI=1S/C26H22Cl2N6O2/c1-32(14-17-6-2-3-7-19(17)27)16-23-25-21(12-24(35)33(23)15-18-13-29-10-11-30-18)31-34(26(25)36)22-9-5-4-8-20(22)28/h2-13,31H,14-16H2,1H3. The number of rotatable bonds is 7. The molecule has 0 atom stereocenters. The summed E-state index contributed by atoms with van der Waals surface area (Å²) in [5, 5.41) is 4.54. The Morgan fingerprint density at radius 1 is 0.972 bits per heavy atom. The van der Waals surface area contributed by atoms with Crippen LogP contribution in [0.15, 0.2) is 82.8 Å². The van der Waals surface area contributed by atoms with E-state index in [0.29, 0.717) is 51.1 Å². The Bertz CT molecular complexity index is 1660. The van der Waals surface area contributed by atoms with Gasteiger partial charge in [-0.25, -0.2) is 4.68 Å². The summed E-state index contributed by atoms with van der Waals surface area (Å²) in [6, 6.07) is 16.1. The molecular weight excluding hydrogens is 499 g/mol. The second kappa shape index (κ2) is 10.1. The van der Waals surface area contributed by atoms with Gasteiger partial charge in [0.2, 0.25) is 0 Å². The molecule has 0 bridgehead atoms. The lowest BCUT2D eigenvalue weighted by molar-refractivity contribution is 0.310. The maximum Gasteiger partial charge on any atom is 0.280 e. The van der Waals surface area contributed by atoms with Gasteiger partial charge >= 0.3 is 0 Å². The molecule has 0 spiro atoms. The zero-order chi connectivity index (χ0) is 25.2. The van der Waals surface area contributed by atoms with E-state index in [0.717, 1.165) is 5.56 Å². The number of hydrogen-bond donors (Lipinski definition) is 1. The number of halogens is 2. The van der Waals surface area contributed by atoms with Crippen molar-refractivity contribution in [2.24, 2.45) is 0 Å². The Labute approximate surface area is 216 Å². The summed E-state index contributed by atoms with van der Waals surface area (Å²) < 4.78 is 2.94. The van der Waals surface area contributed by atoms with Gasteiger partial charge in [0.05, 0.1) is 45.7 Å². The molecule has 36 heavy (non-hydrogen) atoms. The van der Waals surface area contributed by atoms with Crippen LogP contribution in [0.25, 0.3) is 16.6 Å². The normalized spacial score (nSPS) is 11.4. The van der Waals surface area contributed by atoms with Gasteiger partial charge in [0.25, 0.3) is 11.1 Å². The molecule has 0 aliphatic rings. The van der Waals surface area contributed by atoms with Gasteiger partial charge in [0.1, 0.15) is 0 Å². The van der Waals surface area contributed by atoms with Gasteiger partial charge in [-0.2, -0.15) is 0 Å². The monoisotopic (exact) mass is 520 g/mol. The lowest BCUT2D eigenvalue weighted by atomic mass is 10.1. The van der Waals surface area contributed by atoms with Crippen LogP contribution in [0.1, 0.15) is 17.0 Å². The predicted molar refractivity (Wildman–Crippen MR) is 141 cm³/mol.